The van der Waals surface area contributed by atoms with Gasteiger partial charge in [-0.3, -0.25) is 0 Å². The number of benzene rings is 2. The predicted molar refractivity (Wildman–Crippen MR) is 96.7 cm³/mol. The molecule has 0 aliphatic heterocycles. The number of halogens is 2. The summed E-state index contributed by atoms with van der Waals surface area (Å²) >= 11 is 17.6. The number of rotatable bonds is 3. The zero-order valence-electron chi connectivity index (χ0n) is 11.8. The Hall–Kier alpha value is -1.29. The first-order valence-electron chi connectivity index (χ1n) is 6.59. The van der Waals surface area contributed by atoms with Crippen LogP contribution in [0.15, 0.2) is 48.5 Å². The van der Waals surface area contributed by atoms with Gasteiger partial charge in [0.05, 0.1) is 10.0 Å². The molecule has 0 aromatic heterocycles. The molecular formula is C16H16Cl2N2S. The van der Waals surface area contributed by atoms with Crippen molar-refractivity contribution in [2.45, 2.75) is 19.9 Å². The molecule has 0 unspecified atom stereocenters. The van der Waals surface area contributed by atoms with Crippen molar-refractivity contribution in [3.8, 4) is 0 Å². The summed E-state index contributed by atoms with van der Waals surface area (Å²) in [4.78, 5) is 2.00. The number of nitrogens with zero attached hydrogens (tertiary/aromatic N) is 1. The summed E-state index contributed by atoms with van der Waals surface area (Å²) in [5.74, 6) is 0. The maximum Gasteiger partial charge on any atom is 0.178 e. The molecule has 21 heavy (non-hydrogen) atoms. The molecule has 0 radical (unpaired) electrons. The molecule has 2 aromatic rings. The van der Waals surface area contributed by atoms with Crippen molar-refractivity contribution in [2.75, 3.05) is 10.2 Å². The molecule has 2 rings (SSSR count). The van der Waals surface area contributed by atoms with Crippen LogP contribution in [0.3, 0.4) is 0 Å². The lowest BCUT2D eigenvalue weighted by molar-refractivity contribution is 0.811. The Labute approximate surface area is 140 Å². The van der Waals surface area contributed by atoms with Crippen molar-refractivity contribution in [3.63, 3.8) is 0 Å². The first-order chi connectivity index (χ1) is 9.99. The topological polar surface area (TPSA) is 15.3 Å². The summed E-state index contributed by atoms with van der Waals surface area (Å²) in [6, 6.07) is 15.5. The minimum Gasteiger partial charge on any atom is -0.332 e. The van der Waals surface area contributed by atoms with E-state index in [1.165, 1.54) is 0 Å². The molecule has 0 heterocycles. The van der Waals surface area contributed by atoms with E-state index in [2.05, 4.69) is 19.2 Å². The molecular weight excluding hydrogens is 323 g/mol. The molecule has 0 saturated carbocycles. The van der Waals surface area contributed by atoms with Crippen LogP contribution in [0.25, 0.3) is 0 Å². The van der Waals surface area contributed by atoms with E-state index in [0.717, 1.165) is 11.4 Å². The molecule has 0 spiro atoms. The fourth-order valence-corrected chi connectivity index (χ4v) is 2.72. The summed E-state index contributed by atoms with van der Waals surface area (Å²) < 4.78 is 0. The Morgan fingerprint density at radius 2 is 1.71 bits per heavy atom. The van der Waals surface area contributed by atoms with E-state index in [4.69, 9.17) is 35.4 Å². The van der Waals surface area contributed by atoms with Crippen LogP contribution in [-0.4, -0.2) is 11.2 Å². The summed E-state index contributed by atoms with van der Waals surface area (Å²) in [6.45, 7) is 4.14. The molecule has 0 atom stereocenters. The maximum atomic E-state index is 6.11. The van der Waals surface area contributed by atoms with Gasteiger partial charge in [-0.25, -0.2) is 0 Å². The fourth-order valence-electron chi connectivity index (χ4n) is 1.99. The van der Waals surface area contributed by atoms with Gasteiger partial charge in [-0.15, -0.1) is 0 Å². The van der Waals surface area contributed by atoms with Gasteiger partial charge >= 0.3 is 0 Å². The summed E-state index contributed by atoms with van der Waals surface area (Å²) in [7, 11) is 0. The molecule has 1 N–H and O–H groups in total. The van der Waals surface area contributed by atoms with Crippen molar-refractivity contribution < 1.29 is 0 Å². The van der Waals surface area contributed by atoms with Gasteiger partial charge in [-0.05, 0) is 56.4 Å². The predicted octanol–water partition coefficient (Wildman–Crippen LogP) is 5.61. The molecule has 0 aliphatic carbocycles. The highest BCUT2D eigenvalue weighted by Crippen LogP contribution is 2.28. The van der Waals surface area contributed by atoms with Crippen LogP contribution in [0.1, 0.15) is 13.8 Å². The van der Waals surface area contributed by atoms with Crippen LogP contribution < -0.4 is 10.2 Å². The van der Waals surface area contributed by atoms with Gasteiger partial charge < -0.3 is 10.2 Å². The lowest BCUT2D eigenvalue weighted by Gasteiger charge is -2.30. The fraction of sp³-hybridized carbons (Fsp3) is 0.188. The van der Waals surface area contributed by atoms with Crippen molar-refractivity contribution in [1.82, 2.24) is 0 Å². The second kappa shape index (κ2) is 7.12. The second-order valence-electron chi connectivity index (χ2n) is 4.86. The number of para-hydroxylation sites is 1. The number of hydrogen-bond acceptors (Lipinski definition) is 1. The average molecular weight is 339 g/mol. The summed E-state index contributed by atoms with van der Waals surface area (Å²) in [5, 5.41) is 4.91. The van der Waals surface area contributed by atoms with Crippen LogP contribution in [0, 0.1) is 0 Å². The molecule has 0 aliphatic rings. The minimum atomic E-state index is 0.186. The second-order valence-corrected chi connectivity index (χ2v) is 6.06. The Balaban J connectivity index is 2.26. The molecule has 0 fully saturated rings. The van der Waals surface area contributed by atoms with Gasteiger partial charge in [0.15, 0.2) is 5.11 Å². The minimum absolute atomic E-state index is 0.186. The van der Waals surface area contributed by atoms with Gasteiger partial charge in [0.1, 0.15) is 0 Å². The van der Waals surface area contributed by atoms with Crippen LogP contribution in [-0.2, 0) is 0 Å². The standard InChI is InChI=1S/C16H16Cl2N2S/c1-11(2)20(13-8-9-14(17)15(18)10-13)16(21)19-12-6-4-3-5-7-12/h3-11H,1-2H3,(H,19,21). The largest absolute Gasteiger partial charge is 0.332 e. The zero-order chi connectivity index (χ0) is 15.4. The summed E-state index contributed by atoms with van der Waals surface area (Å²) in [6.07, 6.45) is 0. The Kier molecular flexibility index (Phi) is 5.45. The normalized spacial score (nSPS) is 10.5. The number of anilines is 2. The third-order valence-electron chi connectivity index (χ3n) is 2.94. The van der Waals surface area contributed by atoms with Gasteiger partial charge in [0.25, 0.3) is 0 Å². The Bertz CT molecular complexity index is 629. The monoisotopic (exact) mass is 338 g/mol. The van der Waals surface area contributed by atoms with Crippen LogP contribution in [0.2, 0.25) is 10.0 Å². The van der Waals surface area contributed by atoms with Crippen molar-refractivity contribution in [3.05, 3.63) is 58.6 Å². The molecule has 0 bridgehead atoms. The summed E-state index contributed by atoms with van der Waals surface area (Å²) in [5.41, 5.74) is 1.86. The number of thiocarbonyl (C=S) groups is 1. The van der Waals surface area contributed by atoms with Crippen molar-refractivity contribution >= 4 is 51.9 Å². The van der Waals surface area contributed by atoms with E-state index in [9.17, 15) is 0 Å². The lowest BCUT2D eigenvalue weighted by Crippen LogP contribution is -2.40. The van der Waals surface area contributed by atoms with Gasteiger partial charge in [-0.2, -0.15) is 0 Å². The third-order valence-corrected chi connectivity index (χ3v) is 3.98. The maximum absolute atomic E-state index is 6.11. The van der Waals surface area contributed by atoms with Crippen LogP contribution >= 0.6 is 35.4 Å². The van der Waals surface area contributed by atoms with E-state index in [-0.39, 0.29) is 6.04 Å². The molecule has 0 saturated heterocycles. The van der Waals surface area contributed by atoms with Crippen LogP contribution in [0.5, 0.6) is 0 Å². The molecule has 110 valence electrons. The van der Waals surface area contributed by atoms with E-state index in [0.29, 0.717) is 15.2 Å². The van der Waals surface area contributed by atoms with E-state index >= 15 is 0 Å². The first kappa shape index (κ1) is 16.1. The average Bonchev–Trinajstić information content (AvgIpc) is 2.43. The van der Waals surface area contributed by atoms with Crippen molar-refractivity contribution in [1.29, 1.82) is 0 Å². The van der Waals surface area contributed by atoms with Gasteiger partial charge in [-0.1, -0.05) is 41.4 Å². The number of nitrogens with one attached hydrogen (secondary N) is 1. The lowest BCUT2D eigenvalue weighted by atomic mass is 10.2. The van der Waals surface area contributed by atoms with Gasteiger partial charge in [0, 0.05) is 17.4 Å². The number of hydrogen-bond donors (Lipinski definition) is 1. The third kappa shape index (κ3) is 4.10. The molecule has 5 heteroatoms. The first-order valence-corrected chi connectivity index (χ1v) is 7.76. The quantitative estimate of drug-likeness (QED) is 0.732. The molecule has 2 aromatic carbocycles. The molecule has 2 nitrogen and oxygen atoms in total. The highest BCUT2D eigenvalue weighted by molar-refractivity contribution is 7.80. The highest BCUT2D eigenvalue weighted by Gasteiger charge is 2.17. The van der Waals surface area contributed by atoms with E-state index in [1.807, 2.05) is 47.4 Å². The smallest absolute Gasteiger partial charge is 0.178 e. The van der Waals surface area contributed by atoms with Crippen LogP contribution in [0.4, 0.5) is 11.4 Å². The van der Waals surface area contributed by atoms with E-state index in [1.54, 1.807) is 6.07 Å². The Morgan fingerprint density at radius 3 is 2.29 bits per heavy atom. The Morgan fingerprint density at radius 1 is 1.05 bits per heavy atom. The van der Waals surface area contributed by atoms with Gasteiger partial charge in [0.2, 0.25) is 0 Å². The zero-order valence-corrected chi connectivity index (χ0v) is 14.1. The van der Waals surface area contributed by atoms with Crippen molar-refractivity contribution in [2.24, 2.45) is 0 Å². The molecule has 0 amide bonds. The SMILES string of the molecule is CC(C)N(C(=S)Nc1ccccc1)c1ccc(Cl)c(Cl)c1. The highest BCUT2D eigenvalue weighted by atomic mass is 35.5. The van der Waals surface area contributed by atoms with E-state index < -0.39 is 0 Å².